The Bertz CT molecular complexity index is 343. The first kappa shape index (κ1) is 12.9. The van der Waals surface area contributed by atoms with Gasteiger partial charge in [0.15, 0.2) is 0 Å². The maximum atomic E-state index is 6.32. The fraction of sp³-hybridized carbons (Fsp3) is 0.600. The molecule has 17 heavy (non-hydrogen) atoms. The van der Waals surface area contributed by atoms with Crippen LogP contribution in [0.25, 0.3) is 0 Å². The van der Waals surface area contributed by atoms with E-state index in [2.05, 4.69) is 24.5 Å². The highest BCUT2D eigenvalue weighted by molar-refractivity contribution is 6.31. The summed E-state index contributed by atoms with van der Waals surface area (Å²) in [6.45, 7) is 0. The summed E-state index contributed by atoms with van der Waals surface area (Å²) in [4.78, 5) is 0. The highest BCUT2D eigenvalue weighted by Crippen LogP contribution is 2.35. The maximum absolute atomic E-state index is 6.32. The highest BCUT2D eigenvalue weighted by Gasteiger charge is 2.24. The predicted molar refractivity (Wildman–Crippen MR) is 74.4 cm³/mol. The Balaban J connectivity index is 2.17. The van der Waals surface area contributed by atoms with Crippen molar-refractivity contribution < 1.29 is 0 Å². The van der Waals surface area contributed by atoms with Gasteiger partial charge in [-0.3, -0.25) is 0 Å². The van der Waals surface area contributed by atoms with E-state index >= 15 is 0 Å². The van der Waals surface area contributed by atoms with Crippen LogP contribution in [0.15, 0.2) is 24.3 Å². The molecule has 1 fully saturated rings. The van der Waals surface area contributed by atoms with E-state index in [0.717, 1.165) is 10.9 Å². The van der Waals surface area contributed by atoms with Crippen molar-refractivity contribution >= 4 is 11.6 Å². The summed E-state index contributed by atoms with van der Waals surface area (Å²) in [6, 6.07) is 8.67. The minimum atomic E-state index is 0.418. The molecule has 0 aromatic heterocycles. The lowest BCUT2D eigenvalue weighted by molar-refractivity contribution is 0.342. The molecule has 1 saturated carbocycles. The summed E-state index contributed by atoms with van der Waals surface area (Å²) in [6.07, 6.45) is 8.19. The summed E-state index contributed by atoms with van der Waals surface area (Å²) < 4.78 is 0. The molecule has 0 bridgehead atoms. The highest BCUT2D eigenvalue weighted by atomic mass is 35.5. The third-order valence-corrected chi connectivity index (χ3v) is 4.27. The molecule has 1 aromatic rings. The lowest BCUT2D eigenvalue weighted by atomic mass is 9.87. The number of rotatable bonds is 3. The van der Waals surface area contributed by atoms with E-state index in [1.165, 1.54) is 44.1 Å². The Morgan fingerprint density at radius 2 is 1.76 bits per heavy atom. The standard InChI is InChI=1S/C15H22ClN/c1-17-15(12-8-4-2-3-5-9-12)13-10-6-7-11-14(13)16/h6-7,10-12,15,17H,2-5,8-9H2,1H3. The molecule has 1 N–H and O–H groups in total. The van der Waals surface area contributed by atoms with E-state index in [-0.39, 0.29) is 0 Å². The van der Waals surface area contributed by atoms with Crippen molar-refractivity contribution in [2.75, 3.05) is 7.05 Å². The Morgan fingerprint density at radius 1 is 1.12 bits per heavy atom. The van der Waals surface area contributed by atoms with Gasteiger partial charge in [-0.2, -0.15) is 0 Å². The molecular formula is C15H22ClN. The third kappa shape index (κ3) is 3.23. The average Bonchev–Trinajstić information content (AvgIpc) is 2.62. The number of halogens is 1. The molecule has 0 aliphatic heterocycles. The van der Waals surface area contributed by atoms with Crippen LogP contribution in [0.1, 0.15) is 50.1 Å². The molecule has 0 spiro atoms. The molecule has 1 atom stereocenters. The van der Waals surface area contributed by atoms with Gasteiger partial charge in [0.05, 0.1) is 0 Å². The van der Waals surface area contributed by atoms with Crippen LogP contribution < -0.4 is 5.32 Å². The second-order valence-corrected chi connectivity index (χ2v) is 5.45. The third-order valence-electron chi connectivity index (χ3n) is 3.92. The zero-order chi connectivity index (χ0) is 12.1. The molecule has 1 unspecified atom stereocenters. The molecule has 1 aliphatic rings. The maximum Gasteiger partial charge on any atom is 0.0453 e. The molecular weight excluding hydrogens is 230 g/mol. The van der Waals surface area contributed by atoms with Gasteiger partial charge >= 0.3 is 0 Å². The molecule has 2 rings (SSSR count). The van der Waals surface area contributed by atoms with Crippen molar-refractivity contribution in [2.24, 2.45) is 5.92 Å². The van der Waals surface area contributed by atoms with Gasteiger partial charge in [0.2, 0.25) is 0 Å². The van der Waals surface area contributed by atoms with Crippen LogP contribution in [0, 0.1) is 5.92 Å². The number of hydrogen-bond acceptors (Lipinski definition) is 1. The van der Waals surface area contributed by atoms with Crippen LogP contribution >= 0.6 is 11.6 Å². The SMILES string of the molecule is CNC(c1ccccc1Cl)C1CCCCCC1. The van der Waals surface area contributed by atoms with E-state index in [1.807, 2.05) is 12.1 Å². The monoisotopic (exact) mass is 251 g/mol. The van der Waals surface area contributed by atoms with Gasteiger partial charge in [0.1, 0.15) is 0 Å². The summed E-state index contributed by atoms with van der Waals surface area (Å²) >= 11 is 6.32. The van der Waals surface area contributed by atoms with Crippen molar-refractivity contribution in [3.05, 3.63) is 34.9 Å². The largest absolute Gasteiger partial charge is 0.313 e. The number of hydrogen-bond donors (Lipinski definition) is 1. The molecule has 0 heterocycles. The minimum Gasteiger partial charge on any atom is -0.313 e. The Hall–Kier alpha value is -0.530. The van der Waals surface area contributed by atoms with E-state index in [0.29, 0.717) is 6.04 Å². The Labute approximate surface area is 110 Å². The van der Waals surface area contributed by atoms with Gasteiger partial charge in [-0.1, -0.05) is 55.5 Å². The van der Waals surface area contributed by atoms with Crippen LogP contribution in [0.3, 0.4) is 0 Å². The fourth-order valence-corrected chi connectivity index (χ4v) is 3.27. The van der Waals surface area contributed by atoms with Gasteiger partial charge in [-0.15, -0.1) is 0 Å². The second kappa shape index (κ2) is 6.42. The smallest absolute Gasteiger partial charge is 0.0453 e. The zero-order valence-electron chi connectivity index (χ0n) is 10.6. The van der Waals surface area contributed by atoms with Gasteiger partial charge in [-0.05, 0) is 37.4 Å². The quantitative estimate of drug-likeness (QED) is 0.776. The van der Waals surface area contributed by atoms with Crippen molar-refractivity contribution in [3.8, 4) is 0 Å². The lowest BCUT2D eigenvalue weighted by Gasteiger charge is -2.27. The van der Waals surface area contributed by atoms with Crippen molar-refractivity contribution in [2.45, 2.75) is 44.6 Å². The van der Waals surface area contributed by atoms with Crippen LogP contribution in [-0.2, 0) is 0 Å². The first-order valence-corrected chi connectivity index (χ1v) is 7.12. The average molecular weight is 252 g/mol. The minimum absolute atomic E-state index is 0.418. The van der Waals surface area contributed by atoms with Crippen molar-refractivity contribution in [1.82, 2.24) is 5.32 Å². The molecule has 0 saturated heterocycles. The summed E-state index contributed by atoms with van der Waals surface area (Å²) in [5, 5.41) is 4.37. The molecule has 0 radical (unpaired) electrons. The first-order valence-electron chi connectivity index (χ1n) is 6.74. The summed E-state index contributed by atoms with van der Waals surface area (Å²) in [5.41, 5.74) is 1.27. The molecule has 1 aromatic carbocycles. The van der Waals surface area contributed by atoms with Gasteiger partial charge in [0, 0.05) is 11.1 Å². The van der Waals surface area contributed by atoms with Crippen molar-refractivity contribution in [1.29, 1.82) is 0 Å². The van der Waals surface area contributed by atoms with Crippen LogP contribution in [0.2, 0.25) is 5.02 Å². The molecule has 94 valence electrons. The number of benzene rings is 1. The van der Waals surface area contributed by atoms with E-state index in [1.54, 1.807) is 0 Å². The van der Waals surface area contributed by atoms with Crippen LogP contribution in [-0.4, -0.2) is 7.05 Å². The number of nitrogens with one attached hydrogen (secondary N) is 1. The topological polar surface area (TPSA) is 12.0 Å². The second-order valence-electron chi connectivity index (χ2n) is 5.04. The van der Waals surface area contributed by atoms with Crippen molar-refractivity contribution in [3.63, 3.8) is 0 Å². The Morgan fingerprint density at radius 3 is 2.35 bits per heavy atom. The van der Waals surface area contributed by atoms with Crippen LogP contribution in [0.5, 0.6) is 0 Å². The first-order chi connectivity index (χ1) is 8.33. The van der Waals surface area contributed by atoms with Gasteiger partial charge in [0.25, 0.3) is 0 Å². The van der Waals surface area contributed by atoms with Gasteiger partial charge < -0.3 is 5.32 Å². The normalized spacial score (nSPS) is 19.9. The zero-order valence-corrected chi connectivity index (χ0v) is 11.3. The lowest BCUT2D eigenvalue weighted by Crippen LogP contribution is -2.25. The summed E-state index contributed by atoms with van der Waals surface area (Å²) in [7, 11) is 2.05. The predicted octanol–water partition coefficient (Wildman–Crippen LogP) is 4.57. The molecule has 0 amide bonds. The molecule has 1 nitrogen and oxygen atoms in total. The van der Waals surface area contributed by atoms with E-state index < -0.39 is 0 Å². The van der Waals surface area contributed by atoms with Crippen LogP contribution in [0.4, 0.5) is 0 Å². The fourth-order valence-electron chi connectivity index (χ4n) is 3.02. The van der Waals surface area contributed by atoms with E-state index in [9.17, 15) is 0 Å². The van der Waals surface area contributed by atoms with Gasteiger partial charge in [-0.25, -0.2) is 0 Å². The molecule has 2 heteroatoms. The molecule has 1 aliphatic carbocycles. The summed E-state index contributed by atoms with van der Waals surface area (Å²) in [5.74, 6) is 0.738. The Kier molecular flexibility index (Phi) is 4.87. The van der Waals surface area contributed by atoms with E-state index in [4.69, 9.17) is 11.6 Å².